The summed E-state index contributed by atoms with van der Waals surface area (Å²) in [4.78, 5) is 6.86. The molecule has 0 spiro atoms. The lowest BCUT2D eigenvalue weighted by Gasteiger charge is -2.19. The highest BCUT2D eigenvalue weighted by molar-refractivity contribution is 14.0. The number of halogens is 1. The molecule has 17 heavy (non-hydrogen) atoms. The molecule has 5 heteroatoms. The summed E-state index contributed by atoms with van der Waals surface area (Å²) < 4.78 is 0. The van der Waals surface area contributed by atoms with E-state index in [9.17, 15) is 0 Å². The SMILES string of the molecule is CCCN=C(NCC)NCCN(CC)CC.I. The van der Waals surface area contributed by atoms with E-state index in [0.717, 1.165) is 51.6 Å². The minimum absolute atomic E-state index is 0. The lowest BCUT2D eigenvalue weighted by Crippen LogP contribution is -2.41. The van der Waals surface area contributed by atoms with Crippen LogP contribution in [0.2, 0.25) is 0 Å². The summed E-state index contributed by atoms with van der Waals surface area (Å²) in [5.74, 6) is 0.941. The average Bonchev–Trinajstić information content (AvgIpc) is 2.31. The van der Waals surface area contributed by atoms with E-state index >= 15 is 0 Å². The zero-order valence-electron chi connectivity index (χ0n) is 11.8. The van der Waals surface area contributed by atoms with Crippen LogP contribution in [0.4, 0.5) is 0 Å². The van der Waals surface area contributed by atoms with E-state index in [-0.39, 0.29) is 24.0 Å². The largest absolute Gasteiger partial charge is 0.357 e. The van der Waals surface area contributed by atoms with Gasteiger partial charge < -0.3 is 15.5 Å². The number of hydrogen-bond donors (Lipinski definition) is 2. The molecule has 0 atom stereocenters. The predicted molar refractivity (Wildman–Crippen MR) is 87.5 cm³/mol. The highest BCUT2D eigenvalue weighted by atomic mass is 127. The van der Waals surface area contributed by atoms with Crippen molar-refractivity contribution in [3.05, 3.63) is 0 Å². The van der Waals surface area contributed by atoms with Gasteiger partial charge >= 0.3 is 0 Å². The molecule has 0 rings (SSSR count). The summed E-state index contributed by atoms with van der Waals surface area (Å²) in [5.41, 5.74) is 0. The number of likely N-dealkylation sites (N-methyl/N-ethyl adjacent to an activating group) is 1. The summed E-state index contributed by atoms with van der Waals surface area (Å²) in [6, 6.07) is 0. The monoisotopic (exact) mass is 356 g/mol. The Morgan fingerprint density at radius 2 is 1.71 bits per heavy atom. The lowest BCUT2D eigenvalue weighted by molar-refractivity contribution is 0.308. The van der Waals surface area contributed by atoms with Gasteiger partial charge in [-0.05, 0) is 26.4 Å². The minimum atomic E-state index is 0. The van der Waals surface area contributed by atoms with Crippen molar-refractivity contribution in [3.8, 4) is 0 Å². The van der Waals surface area contributed by atoms with Gasteiger partial charge in [0.25, 0.3) is 0 Å². The Balaban J connectivity index is 0. The van der Waals surface area contributed by atoms with Crippen molar-refractivity contribution in [2.75, 3.05) is 39.3 Å². The summed E-state index contributed by atoms with van der Waals surface area (Å²) in [7, 11) is 0. The van der Waals surface area contributed by atoms with Gasteiger partial charge in [0.1, 0.15) is 0 Å². The van der Waals surface area contributed by atoms with Gasteiger partial charge in [0, 0.05) is 26.2 Å². The number of nitrogens with zero attached hydrogens (tertiary/aromatic N) is 2. The minimum Gasteiger partial charge on any atom is -0.357 e. The van der Waals surface area contributed by atoms with Gasteiger partial charge in [0.15, 0.2) is 5.96 Å². The van der Waals surface area contributed by atoms with Gasteiger partial charge in [-0.3, -0.25) is 4.99 Å². The summed E-state index contributed by atoms with van der Waals surface area (Å²) in [5, 5.41) is 6.60. The van der Waals surface area contributed by atoms with Crippen LogP contribution in [0, 0.1) is 0 Å². The first-order valence-electron chi connectivity index (χ1n) is 6.52. The third-order valence-electron chi connectivity index (χ3n) is 2.45. The Hall–Kier alpha value is -0.0400. The molecule has 0 aromatic carbocycles. The Bertz CT molecular complexity index is 181. The van der Waals surface area contributed by atoms with Crippen LogP contribution in [0.1, 0.15) is 34.1 Å². The van der Waals surface area contributed by atoms with Crippen molar-refractivity contribution in [1.82, 2.24) is 15.5 Å². The van der Waals surface area contributed by atoms with Gasteiger partial charge in [-0.15, -0.1) is 24.0 Å². The molecule has 0 aliphatic carbocycles. The molecule has 0 heterocycles. The maximum Gasteiger partial charge on any atom is 0.191 e. The van der Waals surface area contributed by atoms with Crippen LogP contribution in [0.3, 0.4) is 0 Å². The quantitative estimate of drug-likeness (QED) is 0.397. The molecule has 0 saturated carbocycles. The van der Waals surface area contributed by atoms with E-state index in [4.69, 9.17) is 0 Å². The van der Waals surface area contributed by atoms with E-state index in [0.29, 0.717) is 0 Å². The Morgan fingerprint density at radius 1 is 1.06 bits per heavy atom. The molecule has 0 aromatic heterocycles. The first-order valence-corrected chi connectivity index (χ1v) is 6.52. The van der Waals surface area contributed by atoms with Gasteiger partial charge in [-0.1, -0.05) is 20.8 Å². The molecule has 2 N–H and O–H groups in total. The van der Waals surface area contributed by atoms with Gasteiger partial charge in [-0.25, -0.2) is 0 Å². The molecular weight excluding hydrogens is 327 g/mol. The van der Waals surface area contributed by atoms with E-state index in [1.54, 1.807) is 0 Å². The normalized spacial score (nSPS) is 11.2. The van der Waals surface area contributed by atoms with Crippen LogP contribution in [0.5, 0.6) is 0 Å². The molecule has 4 nitrogen and oxygen atoms in total. The molecule has 0 amide bonds. The van der Waals surface area contributed by atoms with Crippen molar-refractivity contribution in [3.63, 3.8) is 0 Å². The second-order valence-corrected chi connectivity index (χ2v) is 3.71. The van der Waals surface area contributed by atoms with Gasteiger partial charge in [-0.2, -0.15) is 0 Å². The molecule has 0 saturated heterocycles. The fourth-order valence-electron chi connectivity index (χ4n) is 1.44. The fraction of sp³-hybridized carbons (Fsp3) is 0.917. The number of hydrogen-bond acceptors (Lipinski definition) is 2. The van der Waals surface area contributed by atoms with Crippen LogP contribution in [-0.4, -0.2) is 50.1 Å². The number of rotatable bonds is 8. The molecular formula is C12H29IN4. The number of nitrogens with one attached hydrogen (secondary N) is 2. The standard InChI is InChI=1S/C12H28N4.HI/c1-5-9-14-12(13-6-2)15-10-11-16(7-3)8-4;/h5-11H2,1-4H3,(H2,13,14,15);1H. The summed E-state index contributed by atoms with van der Waals surface area (Å²) >= 11 is 0. The topological polar surface area (TPSA) is 39.7 Å². The van der Waals surface area contributed by atoms with E-state index in [2.05, 4.69) is 48.2 Å². The smallest absolute Gasteiger partial charge is 0.191 e. The molecule has 0 aliphatic heterocycles. The van der Waals surface area contributed by atoms with E-state index in [1.165, 1.54) is 0 Å². The van der Waals surface area contributed by atoms with Crippen molar-refractivity contribution >= 4 is 29.9 Å². The van der Waals surface area contributed by atoms with Crippen LogP contribution < -0.4 is 10.6 Å². The van der Waals surface area contributed by atoms with Crippen molar-refractivity contribution in [2.24, 2.45) is 4.99 Å². The van der Waals surface area contributed by atoms with Crippen LogP contribution >= 0.6 is 24.0 Å². The van der Waals surface area contributed by atoms with Crippen LogP contribution in [0.15, 0.2) is 4.99 Å². The molecule has 0 radical (unpaired) electrons. The molecule has 0 aromatic rings. The second kappa shape index (κ2) is 14.0. The zero-order valence-corrected chi connectivity index (χ0v) is 14.1. The molecule has 0 bridgehead atoms. The maximum atomic E-state index is 4.46. The molecule has 0 aliphatic rings. The Kier molecular flexibility index (Phi) is 15.9. The Morgan fingerprint density at radius 3 is 2.18 bits per heavy atom. The van der Waals surface area contributed by atoms with Crippen LogP contribution in [-0.2, 0) is 0 Å². The average molecular weight is 356 g/mol. The highest BCUT2D eigenvalue weighted by Gasteiger charge is 1.99. The summed E-state index contributed by atoms with van der Waals surface area (Å²) in [6.07, 6.45) is 1.09. The lowest BCUT2D eigenvalue weighted by atomic mass is 10.4. The van der Waals surface area contributed by atoms with E-state index < -0.39 is 0 Å². The first-order chi connectivity index (χ1) is 7.78. The predicted octanol–water partition coefficient (Wildman–Crippen LogP) is 1.91. The molecule has 104 valence electrons. The summed E-state index contributed by atoms with van der Waals surface area (Å²) in [6.45, 7) is 14.7. The first kappa shape index (κ1) is 19.3. The highest BCUT2D eigenvalue weighted by Crippen LogP contribution is 1.84. The van der Waals surface area contributed by atoms with Crippen molar-refractivity contribution < 1.29 is 0 Å². The zero-order chi connectivity index (χ0) is 12.2. The number of aliphatic imine (C=N–C) groups is 1. The van der Waals surface area contributed by atoms with Crippen molar-refractivity contribution in [2.45, 2.75) is 34.1 Å². The fourth-order valence-corrected chi connectivity index (χ4v) is 1.44. The van der Waals surface area contributed by atoms with Crippen molar-refractivity contribution in [1.29, 1.82) is 0 Å². The van der Waals surface area contributed by atoms with Crippen LogP contribution in [0.25, 0.3) is 0 Å². The van der Waals surface area contributed by atoms with E-state index in [1.807, 2.05) is 0 Å². The third-order valence-corrected chi connectivity index (χ3v) is 2.45. The third kappa shape index (κ3) is 10.8. The molecule has 0 unspecified atom stereocenters. The maximum absolute atomic E-state index is 4.46. The van der Waals surface area contributed by atoms with Gasteiger partial charge in [0.2, 0.25) is 0 Å². The Labute approximate surface area is 124 Å². The van der Waals surface area contributed by atoms with Gasteiger partial charge in [0.05, 0.1) is 0 Å². The number of guanidine groups is 1. The molecule has 0 fully saturated rings. The second-order valence-electron chi connectivity index (χ2n) is 3.71.